The van der Waals surface area contributed by atoms with Crippen molar-refractivity contribution in [2.45, 2.75) is 24.6 Å². The monoisotopic (exact) mass is 298 g/mol. The van der Waals surface area contributed by atoms with E-state index in [0.717, 1.165) is 26.9 Å². The van der Waals surface area contributed by atoms with E-state index in [0.29, 0.717) is 11.0 Å². The zero-order chi connectivity index (χ0) is 13.1. The summed E-state index contributed by atoms with van der Waals surface area (Å²) in [6, 6.07) is 7.81. The second kappa shape index (κ2) is 5.91. The van der Waals surface area contributed by atoms with Gasteiger partial charge in [0.25, 0.3) is 0 Å². The Balaban J connectivity index is 2.18. The molecule has 1 aromatic carbocycles. The van der Waals surface area contributed by atoms with E-state index in [1.54, 1.807) is 11.8 Å². The van der Waals surface area contributed by atoms with Gasteiger partial charge in [0.15, 0.2) is 0 Å². The number of thioether (sulfide) groups is 1. The van der Waals surface area contributed by atoms with Gasteiger partial charge in [-0.3, -0.25) is 0 Å². The van der Waals surface area contributed by atoms with E-state index in [9.17, 15) is 0 Å². The summed E-state index contributed by atoms with van der Waals surface area (Å²) < 4.78 is 0. The van der Waals surface area contributed by atoms with E-state index in [2.05, 4.69) is 9.97 Å². The van der Waals surface area contributed by atoms with Gasteiger partial charge in [0, 0.05) is 16.3 Å². The first-order valence-electron chi connectivity index (χ1n) is 5.45. The number of aromatic nitrogens is 2. The van der Waals surface area contributed by atoms with E-state index in [-0.39, 0.29) is 0 Å². The maximum absolute atomic E-state index is 6.12. The molecule has 5 heteroatoms. The lowest BCUT2D eigenvalue weighted by Crippen LogP contribution is -1.95. The highest BCUT2D eigenvalue weighted by Gasteiger charge is 2.09. The van der Waals surface area contributed by atoms with Crippen molar-refractivity contribution in [3.8, 4) is 0 Å². The van der Waals surface area contributed by atoms with Crippen LogP contribution in [-0.2, 0) is 5.75 Å². The summed E-state index contributed by atoms with van der Waals surface area (Å²) in [5.41, 5.74) is 2.01. The lowest BCUT2D eigenvalue weighted by atomic mass is 10.2. The van der Waals surface area contributed by atoms with Crippen molar-refractivity contribution >= 4 is 35.0 Å². The molecule has 0 bridgehead atoms. The summed E-state index contributed by atoms with van der Waals surface area (Å²) >= 11 is 13.8. The Morgan fingerprint density at radius 2 is 1.83 bits per heavy atom. The minimum Gasteiger partial charge on any atom is -0.227 e. The second-order valence-corrected chi connectivity index (χ2v) is 5.60. The molecule has 0 radical (unpaired) electrons. The standard InChI is InChI=1S/C13H12Cl2N2S/c1-8-12(15)16-9(2)17-13(8)18-7-10-5-3-4-6-11(10)14/h3-6H,7H2,1-2H3. The van der Waals surface area contributed by atoms with Crippen molar-refractivity contribution in [2.24, 2.45) is 0 Å². The zero-order valence-corrected chi connectivity index (χ0v) is 12.4. The SMILES string of the molecule is Cc1nc(Cl)c(C)c(SCc2ccccc2Cl)n1. The minimum atomic E-state index is 0.518. The van der Waals surface area contributed by atoms with Crippen LogP contribution in [0.1, 0.15) is 17.0 Å². The van der Waals surface area contributed by atoms with Crippen LogP contribution in [0.5, 0.6) is 0 Å². The normalized spacial score (nSPS) is 10.7. The number of aryl methyl sites for hydroxylation is 1. The van der Waals surface area contributed by atoms with Crippen LogP contribution in [0.2, 0.25) is 10.2 Å². The summed E-state index contributed by atoms with van der Waals surface area (Å²) in [5, 5.41) is 2.20. The molecule has 0 aliphatic heterocycles. The Morgan fingerprint density at radius 1 is 1.11 bits per heavy atom. The van der Waals surface area contributed by atoms with E-state index in [1.165, 1.54) is 0 Å². The first-order valence-corrected chi connectivity index (χ1v) is 7.19. The van der Waals surface area contributed by atoms with Gasteiger partial charge < -0.3 is 0 Å². The first-order chi connectivity index (χ1) is 8.58. The molecule has 2 rings (SSSR count). The molecule has 0 saturated carbocycles. The predicted octanol–water partition coefficient (Wildman–Crippen LogP) is 4.69. The van der Waals surface area contributed by atoms with Crippen LogP contribution in [-0.4, -0.2) is 9.97 Å². The van der Waals surface area contributed by atoms with Gasteiger partial charge in [-0.2, -0.15) is 0 Å². The summed E-state index contributed by atoms with van der Waals surface area (Å²) in [6.45, 7) is 3.77. The van der Waals surface area contributed by atoms with Gasteiger partial charge in [-0.25, -0.2) is 9.97 Å². The van der Waals surface area contributed by atoms with E-state index in [1.807, 2.05) is 38.1 Å². The largest absolute Gasteiger partial charge is 0.227 e. The van der Waals surface area contributed by atoms with Crippen LogP contribution in [0, 0.1) is 13.8 Å². The van der Waals surface area contributed by atoms with Crippen molar-refractivity contribution < 1.29 is 0 Å². The van der Waals surface area contributed by atoms with Gasteiger partial charge in [-0.05, 0) is 25.5 Å². The molecule has 0 aliphatic rings. The van der Waals surface area contributed by atoms with Crippen molar-refractivity contribution in [1.82, 2.24) is 9.97 Å². The van der Waals surface area contributed by atoms with Crippen molar-refractivity contribution in [2.75, 3.05) is 0 Å². The molecule has 0 amide bonds. The third kappa shape index (κ3) is 3.16. The molecule has 0 N–H and O–H groups in total. The smallest absolute Gasteiger partial charge is 0.136 e. The van der Waals surface area contributed by atoms with Crippen LogP contribution in [0.3, 0.4) is 0 Å². The number of nitrogens with zero attached hydrogens (tertiary/aromatic N) is 2. The van der Waals surface area contributed by atoms with Crippen LogP contribution < -0.4 is 0 Å². The molecular formula is C13H12Cl2N2S. The van der Waals surface area contributed by atoms with Crippen LogP contribution >= 0.6 is 35.0 Å². The Morgan fingerprint density at radius 3 is 2.56 bits per heavy atom. The minimum absolute atomic E-state index is 0.518. The fourth-order valence-electron chi connectivity index (χ4n) is 1.47. The maximum atomic E-state index is 6.12. The van der Waals surface area contributed by atoms with Crippen LogP contribution in [0.25, 0.3) is 0 Å². The highest BCUT2D eigenvalue weighted by molar-refractivity contribution is 7.98. The highest BCUT2D eigenvalue weighted by Crippen LogP contribution is 2.29. The molecule has 18 heavy (non-hydrogen) atoms. The molecule has 0 unspecified atom stereocenters. The molecule has 2 nitrogen and oxygen atoms in total. The second-order valence-electron chi connectivity index (χ2n) is 3.87. The van der Waals surface area contributed by atoms with E-state index >= 15 is 0 Å². The van der Waals surface area contributed by atoms with Gasteiger partial charge in [0.1, 0.15) is 16.0 Å². The lowest BCUT2D eigenvalue weighted by molar-refractivity contribution is 0.938. The summed E-state index contributed by atoms with van der Waals surface area (Å²) in [4.78, 5) is 8.52. The maximum Gasteiger partial charge on any atom is 0.136 e. The zero-order valence-electron chi connectivity index (χ0n) is 10.1. The van der Waals surface area contributed by atoms with Gasteiger partial charge in [0.2, 0.25) is 0 Å². The quantitative estimate of drug-likeness (QED) is 0.607. The Bertz CT molecular complexity index is 573. The number of benzene rings is 1. The molecule has 94 valence electrons. The van der Waals surface area contributed by atoms with Gasteiger partial charge in [0.05, 0.1) is 0 Å². The summed E-state index contributed by atoms with van der Waals surface area (Å²) in [6.07, 6.45) is 0. The third-order valence-corrected chi connectivity index (χ3v) is 4.34. The number of rotatable bonds is 3. The molecule has 0 fully saturated rings. The van der Waals surface area contributed by atoms with Crippen molar-refractivity contribution in [1.29, 1.82) is 0 Å². The van der Waals surface area contributed by atoms with E-state index in [4.69, 9.17) is 23.2 Å². The molecule has 2 aromatic rings. The average Bonchev–Trinajstić information content (AvgIpc) is 2.33. The van der Waals surface area contributed by atoms with Crippen LogP contribution in [0.4, 0.5) is 0 Å². The van der Waals surface area contributed by atoms with Gasteiger partial charge in [-0.15, -0.1) is 11.8 Å². The van der Waals surface area contributed by atoms with Gasteiger partial charge >= 0.3 is 0 Å². The molecule has 0 atom stereocenters. The fraction of sp³-hybridized carbons (Fsp3) is 0.231. The molecule has 1 aromatic heterocycles. The summed E-state index contributed by atoms with van der Waals surface area (Å²) in [7, 11) is 0. The topological polar surface area (TPSA) is 25.8 Å². The van der Waals surface area contributed by atoms with Gasteiger partial charge in [-0.1, -0.05) is 41.4 Å². The molecule has 0 saturated heterocycles. The van der Waals surface area contributed by atoms with E-state index < -0.39 is 0 Å². The van der Waals surface area contributed by atoms with Crippen molar-refractivity contribution in [3.05, 3.63) is 51.4 Å². The lowest BCUT2D eigenvalue weighted by Gasteiger charge is -2.08. The Hall–Kier alpha value is -0.770. The first kappa shape index (κ1) is 13.7. The van der Waals surface area contributed by atoms with Crippen molar-refractivity contribution in [3.63, 3.8) is 0 Å². The summed E-state index contributed by atoms with van der Waals surface area (Å²) in [5.74, 6) is 1.46. The average molecular weight is 299 g/mol. The Kier molecular flexibility index (Phi) is 4.49. The molecular weight excluding hydrogens is 287 g/mol. The molecule has 0 aliphatic carbocycles. The number of hydrogen-bond donors (Lipinski definition) is 0. The number of hydrogen-bond acceptors (Lipinski definition) is 3. The molecule has 0 spiro atoms. The number of halogens is 2. The predicted molar refractivity (Wildman–Crippen MR) is 77.5 cm³/mol. The third-order valence-electron chi connectivity index (χ3n) is 2.48. The van der Waals surface area contributed by atoms with Crippen LogP contribution in [0.15, 0.2) is 29.3 Å². The highest BCUT2D eigenvalue weighted by atomic mass is 35.5. The molecule has 1 heterocycles. The Labute approximate surface area is 121 Å². The fourth-order valence-corrected chi connectivity index (χ4v) is 3.08.